The summed E-state index contributed by atoms with van der Waals surface area (Å²) in [6.07, 6.45) is -3.25. The van der Waals surface area contributed by atoms with E-state index in [9.17, 15) is 18.4 Å². The van der Waals surface area contributed by atoms with E-state index in [1.165, 1.54) is 43.3 Å². The molecule has 0 bridgehead atoms. The fraction of sp³-hybridized carbons (Fsp3) is 0.333. The van der Waals surface area contributed by atoms with E-state index < -0.39 is 66.7 Å². The number of fused-ring (bicyclic) bond motifs is 1. The minimum absolute atomic E-state index is 0.00279. The van der Waals surface area contributed by atoms with Gasteiger partial charge in [0.15, 0.2) is 11.6 Å². The molecule has 5 heterocycles. The quantitative estimate of drug-likeness (QED) is 0.165. The molecule has 0 spiro atoms. The van der Waals surface area contributed by atoms with Crippen LogP contribution in [0.15, 0.2) is 30.5 Å². The van der Waals surface area contributed by atoms with Crippen molar-refractivity contribution in [1.82, 2.24) is 19.9 Å². The Hall–Kier alpha value is -4.79. The maximum absolute atomic E-state index is 17.2. The van der Waals surface area contributed by atoms with Crippen LogP contribution in [0.25, 0.3) is 32.1 Å². The number of hydrogen-bond acceptors (Lipinski definition) is 11. The second-order valence-electron chi connectivity index (χ2n) is 12.3. The van der Waals surface area contributed by atoms with Crippen LogP contribution in [0.3, 0.4) is 0 Å². The Bertz CT molecular complexity index is 2250. The Morgan fingerprint density at radius 3 is 2.61 bits per heavy atom. The Morgan fingerprint density at radius 1 is 1.18 bits per heavy atom. The summed E-state index contributed by atoms with van der Waals surface area (Å²) in [5, 5.41) is 9.36. The van der Waals surface area contributed by atoms with Crippen molar-refractivity contribution >= 4 is 60.6 Å². The van der Waals surface area contributed by atoms with Gasteiger partial charge in [-0.3, -0.25) is 4.90 Å². The van der Waals surface area contributed by atoms with Crippen molar-refractivity contribution in [1.29, 1.82) is 5.26 Å². The van der Waals surface area contributed by atoms with Gasteiger partial charge < -0.3 is 25.8 Å². The lowest BCUT2D eigenvalue weighted by atomic mass is 9.96. The van der Waals surface area contributed by atoms with Gasteiger partial charge in [0, 0.05) is 29.1 Å². The molecule has 10 nitrogen and oxygen atoms in total. The Kier molecular flexibility index (Phi) is 8.67. The molecule has 2 aromatic carbocycles. The van der Waals surface area contributed by atoms with Gasteiger partial charge in [-0.25, -0.2) is 31.3 Å². The standard InChI is InChI=1S/C33H27ClF6N8O2S/c1-13(18-10-33(39,40)12-47(18)2)50-32-45-24-21-26(49-9-8-48(31(21)46-32)25(28(37)38)15-4-3-7-44-29(15)42)22(34)20(23(24)36)14-5-6-17(35)27-19(14)16(11-41)30(43)51-27/h3-7,13,18,25,28H,8-10,12,43H2,1-2H3,(H2,42,44)/t13?,18-,25-/m0/s1. The average Bonchev–Trinajstić information content (AvgIpc) is 3.49. The molecule has 0 saturated carbocycles. The predicted octanol–water partition coefficient (Wildman–Crippen LogP) is 7.19. The van der Waals surface area contributed by atoms with Gasteiger partial charge in [-0.2, -0.15) is 15.2 Å². The fourth-order valence-corrected chi connectivity index (χ4v) is 8.18. The van der Waals surface area contributed by atoms with Crippen LogP contribution >= 0.6 is 22.9 Å². The number of halogens is 7. The van der Waals surface area contributed by atoms with Crippen molar-refractivity contribution in [2.24, 2.45) is 0 Å². The molecule has 0 aliphatic carbocycles. The predicted molar refractivity (Wildman–Crippen MR) is 181 cm³/mol. The molecule has 5 aromatic rings. The smallest absolute Gasteiger partial charge is 0.319 e. The Balaban J connectivity index is 1.50. The minimum atomic E-state index is -3.08. The zero-order chi connectivity index (χ0) is 36.5. The lowest BCUT2D eigenvalue weighted by molar-refractivity contribution is 0.0127. The normalized spacial score (nSPS) is 18.5. The summed E-state index contributed by atoms with van der Waals surface area (Å²) < 4.78 is 103. The highest BCUT2D eigenvalue weighted by molar-refractivity contribution is 7.23. The molecule has 2 aliphatic rings. The van der Waals surface area contributed by atoms with Crippen molar-refractivity contribution in [3.8, 4) is 29.0 Å². The van der Waals surface area contributed by atoms with Gasteiger partial charge in [-0.1, -0.05) is 23.7 Å². The molecule has 1 saturated heterocycles. The van der Waals surface area contributed by atoms with Crippen molar-refractivity contribution in [2.75, 3.05) is 43.1 Å². The zero-order valence-corrected chi connectivity index (χ0v) is 28.3. The summed E-state index contributed by atoms with van der Waals surface area (Å²) in [6, 6.07) is 3.94. The fourth-order valence-electron chi connectivity index (χ4n) is 6.90. The number of thiophene rings is 1. The number of nitriles is 1. The second-order valence-corrected chi connectivity index (χ2v) is 13.7. The molecule has 266 valence electrons. The van der Waals surface area contributed by atoms with Crippen LogP contribution in [0.2, 0.25) is 5.02 Å². The molecular formula is C33H27ClF6N8O2S. The molecule has 0 radical (unpaired) electrons. The molecule has 4 N–H and O–H groups in total. The number of likely N-dealkylation sites (N-methyl/N-ethyl adjacent to an activating group) is 1. The van der Waals surface area contributed by atoms with Crippen LogP contribution in [0, 0.1) is 23.0 Å². The summed E-state index contributed by atoms with van der Waals surface area (Å²) in [5.41, 5.74) is 11.1. The first-order valence-electron chi connectivity index (χ1n) is 15.5. The molecule has 0 amide bonds. The van der Waals surface area contributed by atoms with Crippen molar-refractivity contribution < 1.29 is 35.8 Å². The first-order chi connectivity index (χ1) is 24.2. The van der Waals surface area contributed by atoms with E-state index in [2.05, 4.69) is 15.0 Å². The number of ether oxygens (including phenoxy) is 2. The van der Waals surface area contributed by atoms with E-state index in [1.54, 1.807) is 0 Å². The SMILES string of the molecule is CC(Oc1nc2c3c(c(Cl)c(-c4ccc(F)c5sc(N)c(C#N)c45)c(F)c3n1)OCCN2[C@@H](c1cccnc1N)C(F)F)[C@@H]1CC(F)(F)CN1C. The molecule has 3 atom stereocenters. The zero-order valence-electron chi connectivity index (χ0n) is 26.7. The average molecular weight is 749 g/mol. The summed E-state index contributed by atoms with van der Waals surface area (Å²) >= 11 is 7.70. The molecule has 18 heteroatoms. The Morgan fingerprint density at radius 2 is 1.94 bits per heavy atom. The van der Waals surface area contributed by atoms with Crippen LogP contribution in [-0.2, 0) is 0 Å². The maximum atomic E-state index is 17.2. The Labute approximate surface area is 295 Å². The molecule has 3 aromatic heterocycles. The van der Waals surface area contributed by atoms with E-state index in [4.69, 9.17) is 32.5 Å². The summed E-state index contributed by atoms with van der Waals surface area (Å²) in [6.45, 7) is 0.487. The number of rotatable bonds is 7. The first-order valence-corrected chi connectivity index (χ1v) is 16.7. The van der Waals surface area contributed by atoms with Crippen LogP contribution < -0.4 is 25.8 Å². The monoisotopic (exact) mass is 748 g/mol. The number of hydrogen-bond donors (Lipinski definition) is 2. The summed E-state index contributed by atoms with van der Waals surface area (Å²) in [7, 11) is 1.50. The molecule has 51 heavy (non-hydrogen) atoms. The number of nitrogens with two attached hydrogens (primary N) is 2. The molecule has 7 rings (SSSR count). The van der Waals surface area contributed by atoms with E-state index in [0.717, 1.165) is 22.3 Å². The third-order valence-corrected chi connectivity index (χ3v) is 10.5. The third kappa shape index (κ3) is 5.75. The van der Waals surface area contributed by atoms with Crippen LogP contribution in [-0.4, -0.2) is 71.1 Å². The first kappa shape index (κ1) is 34.6. The maximum Gasteiger partial charge on any atom is 0.319 e. The van der Waals surface area contributed by atoms with E-state index >= 15 is 13.2 Å². The number of nitrogen functional groups attached to an aromatic ring is 2. The van der Waals surface area contributed by atoms with Crippen molar-refractivity contribution in [3.63, 3.8) is 0 Å². The second kappa shape index (κ2) is 12.8. The third-order valence-electron chi connectivity index (χ3n) is 9.14. The van der Waals surface area contributed by atoms with Gasteiger partial charge in [-0.15, -0.1) is 11.3 Å². The molecule has 1 unspecified atom stereocenters. The number of benzene rings is 2. The van der Waals surface area contributed by atoms with Gasteiger partial charge >= 0.3 is 6.01 Å². The van der Waals surface area contributed by atoms with Gasteiger partial charge in [-0.05, 0) is 31.7 Å². The number of likely N-dealkylation sites (tertiary alicyclic amines) is 1. The minimum Gasteiger partial charge on any atom is -0.489 e. The van der Waals surface area contributed by atoms with Crippen molar-refractivity contribution in [2.45, 2.75) is 43.9 Å². The highest BCUT2D eigenvalue weighted by Gasteiger charge is 2.46. The van der Waals surface area contributed by atoms with Gasteiger partial charge in [0.05, 0.1) is 39.8 Å². The number of anilines is 3. The number of nitrogens with zero attached hydrogens (tertiary/aromatic N) is 6. The van der Waals surface area contributed by atoms with E-state index in [0.29, 0.717) is 0 Å². The largest absolute Gasteiger partial charge is 0.489 e. The molecule has 1 fully saturated rings. The lowest BCUT2D eigenvalue weighted by Gasteiger charge is -2.32. The highest BCUT2D eigenvalue weighted by Crippen LogP contribution is 2.52. The van der Waals surface area contributed by atoms with E-state index in [1.807, 2.05) is 6.07 Å². The van der Waals surface area contributed by atoms with Gasteiger partial charge in [0.25, 0.3) is 12.3 Å². The van der Waals surface area contributed by atoms with Crippen molar-refractivity contribution in [3.05, 3.63) is 58.2 Å². The number of aromatic nitrogens is 3. The topological polar surface area (TPSA) is 139 Å². The van der Waals surface area contributed by atoms with Gasteiger partial charge in [0.1, 0.15) is 52.8 Å². The highest BCUT2D eigenvalue weighted by atomic mass is 35.5. The molecular weight excluding hydrogens is 722 g/mol. The van der Waals surface area contributed by atoms with Crippen LogP contribution in [0.4, 0.5) is 43.0 Å². The lowest BCUT2D eigenvalue weighted by Crippen LogP contribution is -2.39. The van der Waals surface area contributed by atoms with E-state index in [-0.39, 0.29) is 78.3 Å². The number of pyridine rings is 1. The molecule has 2 aliphatic heterocycles. The van der Waals surface area contributed by atoms with Crippen LogP contribution in [0.1, 0.15) is 30.5 Å². The summed E-state index contributed by atoms with van der Waals surface area (Å²) in [4.78, 5) is 15.3. The van der Waals surface area contributed by atoms with Gasteiger partial charge in [0.2, 0.25) is 0 Å². The van der Waals surface area contributed by atoms with Crippen LogP contribution in [0.5, 0.6) is 11.8 Å². The summed E-state index contributed by atoms with van der Waals surface area (Å²) in [5.74, 6) is -5.43. The number of alkyl halides is 4.